The van der Waals surface area contributed by atoms with Crippen LogP contribution in [0.4, 0.5) is 0 Å². The Morgan fingerprint density at radius 1 is 1.46 bits per heavy atom. The van der Waals surface area contributed by atoms with E-state index in [1.807, 2.05) is 6.08 Å². The number of piperidine rings is 1. The van der Waals surface area contributed by atoms with Crippen LogP contribution in [-0.2, 0) is 23.8 Å². The van der Waals surface area contributed by atoms with E-state index < -0.39 is 0 Å². The maximum absolute atomic E-state index is 11.6. The van der Waals surface area contributed by atoms with Gasteiger partial charge in [0, 0.05) is 33.0 Å². The molecule has 0 aromatic heterocycles. The first-order valence-corrected chi connectivity index (χ1v) is 9.19. The van der Waals surface area contributed by atoms with Crippen molar-refractivity contribution >= 4 is 12.4 Å². The predicted molar refractivity (Wildman–Crippen MR) is 96.2 cm³/mol. The molecule has 26 heavy (non-hydrogen) atoms. The van der Waals surface area contributed by atoms with Crippen LogP contribution < -0.4 is 11.1 Å². The van der Waals surface area contributed by atoms with Crippen molar-refractivity contribution in [2.24, 2.45) is 11.7 Å². The van der Waals surface area contributed by atoms with E-state index >= 15 is 0 Å². The fourth-order valence-corrected chi connectivity index (χ4v) is 3.78. The molecule has 2 aliphatic rings. The number of carbonyl (C=O) groups excluding carboxylic acids is 2. The van der Waals surface area contributed by atoms with Crippen molar-refractivity contribution in [2.45, 2.75) is 44.3 Å². The third-order valence-corrected chi connectivity index (χ3v) is 4.95. The highest BCUT2D eigenvalue weighted by molar-refractivity contribution is 5.73. The SMILES string of the molecule is COCCOC[C@@H]1CCCN([C@@H]2C=C(OC=O)C[C@H](N)[C@H]2NC(C)=O)C1. The molecule has 0 radical (unpaired) electrons. The van der Waals surface area contributed by atoms with Crippen LogP contribution in [0.15, 0.2) is 11.8 Å². The Balaban J connectivity index is 2.05. The lowest BCUT2D eigenvalue weighted by molar-refractivity contribution is -0.126. The molecule has 1 heterocycles. The summed E-state index contributed by atoms with van der Waals surface area (Å²) in [5, 5.41) is 2.97. The summed E-state index contributed by atoms with van der Waals surface area (Å²) in [5.74, 6) is 0.873. The lowest BCUT2D eigenvalue weighted by Crippen LogP contribution is -2.61. The molecule has 4 atom stereocenters. The van der Waals surface area contributed by atoms with Gasteiger partial charge in [-0.2, -0.15) is 0 Å². The number of nitrogens with two attached hydrogens (primary N) is 1. The predicted octanol–water partition coefficient (Wildman–Crippen LogP) is 0.0226. The average molecular weight is 369 g/mol. The van der Waals surface area contributed by atoms with E-state index in [1.54, 1.807) is 7.11 Å². The molecule has 3 N–H and O–H groups in total. The second-order valence-electron chi connectivity index (χ2n) is 7.00. The van der Waals surface area contributed by atoms with Crippen LogP contribution in [-0.4, -0.2) is 75.4 Å². The van der Waals surface area contributed by atoms with E-state index in [0.717, 1.165) is 25.9 Å². The molecule has 1 saturated heterocycles. The summed E-state index contributed by atoms with van der Waals surface area (Å²) < 4.78 is 15.8. The average Bonchev–Trinajstić information content (AvgIpc) is 2.61. The van der Waals surface area contributed by atoms with Crippen LogP contribution in [0.1, 0.15) is 26.2 Å². The van der Waals surface area contributed by atoms with Crippen LogP contribution in [0, 0.1) is 5.92 Å². The van der Waals surface area contributed by atoms with Crippen molar-refractivity contribution in [3.05, 3.63) is 11.8 Å². The molecule has 148 valence electrons. The number of ether oxygens (including phenoxy) is 3. The third-order valence-electron chi connectivity index (χ3n) is 4.95. The van der Waals surface area contributed by atoms with Gasteiger partial charge >= 0.3 is 0 Å². The lowest BCUT2D eigenvalue weighted by atomic mass is 9.87. The van der Waals surface area contributed by atoms with Crippen molar-refractivity contribution in [2.75, 3.05) is 40.0 Å². The van der Waals surface area contributed by atoms with Gasteiger partial charge < -0.3 is 25.3 Å². The largest absolute Gasteiger partial charge is 0.434 e. The highest BCUT2D eigenvalue weighted by atomic mass is 16.5. The summed E-state index contributed by atoms with van der Waals surface area (Å²) in [6.45, 7) is 5.55. The fourth-order valence-electron chi connectivity index (χ4n) is 3.78. The Morgan fingerprint density at radius 3 is 2.96 bits per heavy atom. The number of likely N-dealkylation sites (tertiary alicyclic amines) is 1. The molecule has 1 amide bonds. The maximum Gasteiger partial charge on any atom is 0.298 e. The minimum atomic E-state index is -0.304. The van der Waals surface area contributed by atoms with E-state index in [1.165, 1.54) is 6.92 Å². The summed E-state index contributed by atoms with van der Waals surface area (Å²) >= 11 is 0. The van der Waals surface area contributed by atoms with E-state index in [2.05, 4.69) is 10.2 Å². The van der Waals surface area contributed by atoms with Crippen LogP contribution in [0.3, 0.4) is 0 Å². The first-order chi connectivity index (χ1) is 12.5. The quantitative estimate of drug-likeness (QED) is 0.436. The monoisotopic (exact) mass is 369 g/mol. The molecule has 0 saturated carbocycles. The summed E-state index contributed by atoms with van der Waals surface area (Å²) in [4.78, 5) is 24.7. The van der Waals surface area contributed by atoms with Crippen molar-refractivity contribution in [3.63, 3.8) is 0 Å². The van der Waals surface area contributed by atoms with E-state index in [-0.39, 0.29) is 24.0 Å². The van der Waals surface area contributed by atoms with Crippen molar-refractivity contribution in [1.29, 1.82) is 0 Å². The van der Waals surface area contributed by atoms with Gasteiger partial charge in [0.25, 0.3) is 6.47 Å². The van der Waals surface area contributed by atoms with Gasteiger partial charge in [-0.25, -0.2) is 0 Å². The molecule has 0 aromatic rings. The van der Waals surface area contributed by atoms with Gasteiger partial charge in [0.15, 0.2) is 0 Å². The zero-order valence-corrected chi connectivity index (χ0v) is 15.7. The number of methoxy groups -OCH3 is 1. The van der Waals surface area contributed by atoms with Gasteiger partial charge in [-0.15, -0.1) is 0 Å². The molecule has 0 spiro atoms. The normalized spacial score (nSPS) is 29.7. The summed E-state index contributed by atoms with van der Waals surface area (Å²) in [6, 6.07) is -0.610. The minimum absolute atomic E-state index is 0.0978. The molecule has 8 nitrogen and oxygen atoms in total. The van der Waals surface area contributed by atoms with Gasteiger partial charge in [0.2, 0.25) is 5.91 Å². The molecule has 0 bridgehead atoms. The maximum atomic E-state index is 11.6. The lowest BCUT2D eigenvalue weighted by Gasteiger charge is -2.44. The molecule has 2 rings (SSSR count). The van der Waals surface area contributed by atoms with Crippen LogP contribution in [0.25, 0.3) is 0 Å². The number of hydrogen-bond donors (Lipinski definition) is 2. The zero-order chi connectivity index (χ0) is 18.9. The second kappa shape index (κ2) is 10.6. The van der Waals surface area contributed by atoms with Gasteiger partial charge in [-0.1, -0.05) is 0 Å². The smallest absolute Gasteiger partial charge is 0.298 e. The molecule has 1 fully saturated rings. The summed E-state index contributed by atoms with van der Waals surface area (Å²) in [7, 11) is 1.66. The Kier molecular flexibility index (Phi) is 8.50. The topological polar surface area (TPSA) is 103 Å². The second-order valence-corrected chi connectivity index (χ2v) is 7.00. The van der Waals surface area contributed by atoms with Gasteiger partial charge in [0.05, 0.1) is 31.9 Å². The van der Waals surface area contributed by atoms with Crippen LogP contribution in [0.5, 0.6) is 0 Å². The molecule has 8 heteroatoms. The summed E-state index contributed by atoms with van der Waals surface area (Å²) in [6.07, 6.45) is 4.51. The molecule has 1 aliphatic carbocycles. The Hall–Kier alpha value is -1.48. The van der Waals surface area contributed by atoms with E-state index in [9.17, 15) is 9.59 Å². The number of hydrogen-bond acceptors (Lipinski definition) is 7. The Labute approximate surface area is 155 Å². The molecular formula is C18H31N3O5. The highest BCUT2D eigenvalue weighted by Crippen LogP contribution is 2.27. The number of amides is 1. The minimum Gasteiger partial charge on any atom is -0.434 e. The number of rotatable bonds is 9. The Morgan fingerprint density at radius 2 is 2.27 bits per heavy atom. The highest BCUT2D eigenvalue weighted by Gasteiger charge is 2.37. The molecular weight excluding hydrogens is 338 g/mol. The Bertz CT molecular complexity index is 499. The number of nitrogens with one attached hydrogen (secondary N) is 1. The molecule has 0 unspecified atom stereocenters. The van der Waals surface area contributed by atoms with E-state index in [4.69, 9.17) is 19.9 Å². The fraction of sp³-hybridized carbons (Fsp3) is 0.778. The number of carbonyl (C=O) groups is 2. The summed E-state index contributed by atoms with van der Waals surface area (Å²) in [5.41, 5.74) is 6.28. The number of nitrogens with zero attached hydrogens (tertiary/aromatic N) is 1. The third kappa shape index (κ3) is 6.05. The van der Waals surface area contributed by atoms with Crippen molar-refractivity contribution in [3.8, 4) is 0 Å². The van der Waals surface area contributed by atoms with Gasteiger partial charge in [-0.05, 0) is 31.4 Å². The molecule has 0 aromatic carbocycles. The van der Waals surface area contributed by atoms with Crippen LogP contribution >= 0.6 is 0 Å². The first-order valence-electron chi connectivity index (χ1n) is 9.19. The van der Waals surface area contributed by atoms with E-state index in [0.29, 0.717) is 44.4 Å². The molecule has 1 aliphatic heterocycles. The van der Waals surface area contributed by atoms with Crippen molar-refractivity contribution in [1.82, 2.24) is 10.2 Å². The van der Waals surface area contributed by atoms with Crippen molar-refractivity contribution < 1.29 is 23.8 Å². The van der Waals surface area contributed by atoms with Gasteiger partial charge in [0.1, 0.15) is 5.76 Å². The first kappa shape index (κ1) is 20.8. The zero-order valence-electron chi connectivity index (χ0n) is 15.7. The van der Waals surface area contributed by atoms with Crippen LogP contribution in [0.2, 0.25) is 0 Å². The van der Waals surface area contributed by atoms with Gasteiger partial charge in [-0.3, -0.25) is 14.5 Å². The standard InChI is InChI=1S/C18H31N3O5/c1-13(23)20-18-16(19)8-15(26-12-22)9-17(18)21-5-3-4-14(10-21)11-25-7-6-24-2/h9,12,14,16-18H,3-8,10-11,19H2,1-2H3,(H,20,23)/t14-,16+,17-,18-/m1/s1.